The van der Waals surface area contributed by atoms with Crippen molar-refractivity contribution < 1.29 is 14.3 Å². The van der Waals surface area contributed by atoms with Gasteiger partial charge in [-0.1, -0.05) is 18.0 Å². The molecule has 1 aliphatic heterocycles. The molecule has 1 saturated heterocycles. The second-order valence-corrected chi connectivity index (χ2v) is 6.28. The molecule has 124 valence electrons. The minimum atomic E-state index is -0.337. The Morgan fingerprint density at radius 3 is 2.61 bits per heavy atom. The highest BCUT2D eigenvalue weighted by Crippen LogP contribution is 2.31. The van der Waals surface area contributed by atoms with Gasteiger partial charge in [0.15, 0.2) is 0 Å². The van der Waals surface area contributed by atoms with E-state index in [1.54, 1.807) is 23.2 Å². The summed E-state index contributed by atoms with van der Waals surface area (Å²) in [5.74, 6) is 0.657. The number of amides is 3. The first kappa shape index (κ1) is 15.9. The number of hydrazine groups is 1. The molecule has 1 saturated carbocycles. The summed E-state index contributed by atoms with van der Waals surface area (Å²) in [5.41, 5.74) is 0.493. The number of rotatable bonds is 3. The number of hydrogen-bond acceptors (Lipinski definition) is 3. The van der Waals surface area contributed by atoms with E-state index in [2.05, 4.69) is 5.32 Å². The van der Waals surface area contributed by atoms with Crippen LogP contribution in [0.3, 0.4) is 0 Å². The second-order valence-electron chi connectivity index (χ2n) is 5.84. The molecular weight excluding hydrogens is 318 g/mol. The van der Waals surface area contributed by atoms with Crippen LogP contribution in [0.1, 0.15) is 25.7 Å². The van der Waals surface area contributed by atoms with E-state index in [1.807, 2.05) is 0 Å². The van der Waals surface area contributed by atoms with Crippen LogP contribution in [0.2, 0.25) is 5.02 Å². The third-order valence-electron chi connectivity index (χ3n) is 4.38. The Hall–Kier alpha value is -1.95. The summed E-state index contributed by atoms with van der Waals surface area (Å²) < 4.78 is 5.23. The molecule has 1 aromatic rings. The lowest BCUT2D eigenvalue weighted by atomic mass is 9.84. The molecular formula is C16H20ClN3O3. The lowest BCUT2D eigenvalue weighted by Crippen LogP contribution is -2.49. The van der Waals surface area contributed by atoms with Crippen LogP contribution in [-0.4, -0.2) is 42.2 Å². The van der Waals surface area contributed by atoms with Gasteiger partial charge in [0.1, 0.15) is 5.75 Å². The van der Waals surface area contributed by atoms with Gasteiger partial charge in [0.25, 0.3) is 0 Å². The van der Waals surface area contributed by atoms with Crippen molar-refractivity contribution in [2.24, 2.45) is 5.92 Å². The molecule has 0 atom stereocenters. The highest BCUT2D eigenvalue weighted by atomic mass is 35.5. The number of nitrogens with zero attached hydrogens (tertiary/aromatic N) is 2. The Balaban J connectivity index is 1.72. The summed E-state index contributed by atoms with van der Waals surface area (Å²) in [6.07, 6.45) is 3.73. The van der Waals surface area contributed by atoms with E-state index in [9.17, 15) is 9.59 Å². The third-order valence-corrected chi connectivity index (χ3v) is 4.61. The summed E-state index contributed by atoms with van der Waals surface area (Å²) in [4.78, 5) is 25.0. The highest BCUT2D eigenvalue weighted by molar-refractivity contribution is 6.31. The molecule has 1 heterocycles. The molecule has 1 N–H and O–H groups in total. The molecule has 23 heavy (non-hydrogen) atoms. The van der Waals surface area contributed by atoms with Gasteiger partial charge in [-0.15, -0.1) is 0 Å². The molecule has 3 rings (SSSR count). The van der Waals surface area contributed by atoms with Crippen molar-refractivity contribution >= 4 is 29.2 Å². The number of urea groups is 1. The molecule has 3 amide bonds. The van der Waals surface area contributed by atoms with Gasteiger partial charge in [0.05, 0.1) is 12.8 Å². The van der Waals surface area contributed by atoms with E-state index in [1.165, 1.54) is 12.1 Å². The first-order chi connectivity index (χ1) is 11.1. The van der Waals surface area contributed by atoms with Crippen LogP contribution < -0.4 is 10.1 Å². The van der Waals surface area contributed by atoms with Crippen molar-refractivity contribution in [1.29, 1.82) is 0 Å². The zero-order chi connectivity index (χ0) is 16.4. The van der Waals surface area contributed by atoms with E-state index >= 15 is 0 Å². The Bertz CT molecular complexity index is 619. The zero-order valence-electron chi connectivity index (χ0n) is 13.0. The van der Waals surface area contributed by atoms with Crippen LogP contribution in [0.15, 0.2) is 18.2 Å². The molecule has 0 radical (unpaired) electrons. The first-order valence-corrected chi connectivity index (χ1v) is 8.21. The normalized spacial score (nSPS) is 17.8. The minimum absolute atomic E-state index is 0.0574. The highest BCUT2D eigenvalue weighted by Gasteiger charge is 2.37. The summed E-state index contributed by atoms with van der Waals surface area (Å²) in [6, 6.07) is 4.68. The maximum atomic E-state index is 12.6. The van der Waals surface area contributed by atoms with Gasteiger partial charge in [-0.2, -0.15) is 0 Å². The van der Waals surface area contributed by atoms with E-state index < -0.39 is 0 Å². The van der Waals surface area contributed by atoms with Crippen molar-refractivity contribution in [2.75, 3.05) is 25.5 Å². The Labute approximate surface area is 140 Å². The van der Waals surface area contributed by atoms with Gasteiger partial charge >= 0.3 is 6.03 Å². The number of halogens is 1. The fraction of sp³-hybridized carbons (Fsp3) is 0.500. The van der Waals surface area contributed by atoms with Gasteiger partial charge in [0.2, 0.25) is 5.91 Å². The van der Waals surface area contributed by atoms with Gasteiger partial charge in [0, 0.05) is 24.0 Å². The Morgan fingerprint density at radius 2 is 1.96 bits per heavy atom. The smallest absolute Gasteiger partial charge is 0.340 e. The molecule has 0 unspecified atom stereocenters. The molecule has 7 heteroatoms. The maximum absolute atomic E-state index is 12.6. The number of nitrogens with one attached hydrogen (secondary N) is 1. The van der Waals surface area contributed by atoms with Crippen molar-refractivity contribution in [3.05, 3.63) is 23.2 Å². The largest absolute Gasteiger partial charge is 0.495 e. The molecule has 0 spiro atoms. The second kappa shape index (κ2) is 6.66. The molecule has 2 aliphatic rings. The first-order valence-electron chi connectivity index (χ1n) is 7.83. The van der Waals surface area contributed by atoms with E-state index in [-0.39, 0.29) is 17.9 Å². The third kappa shape index (κ3) is 3.22. The number of carbonyl (C=O) groups is 2. The Morgan fingerprint density at radius 1 is 1.22 bits per heavy atom. The Kier molecular flexibility index (Phi) is 4.61. The average molecular weight is 338 g/mol. The molecule has 6 nitrogen and oxygen atoms in total. The predicted molar refractivity (Wildman–Crippen MR) is 87.4 cm³/mol. The van der Waals surface area contributed by atoms with Crippen LogP contribution in [0, 0.1) is 5.92 Å². The standard InChI is InChI=1S/C16H20ClN3O3/c1-23-14-7-6-12(17)10-13(14)18-16(22)20-9-3-8-19(20)15(21)11-4-2-5-11/h6-7,10-11H,2-5,8-9H2,1H3,(H,18,22). The van der Waals surface area contributed by atoms with Gasteiger partial charge in [-0.25, -0.2) is 14.8 Å². The van der Waals surface area contributed by atoms with Crippen LogP contribution in [0.25, 0.3) is 0 Å². The summed E-state index contributed by atoms with van der Waals surface area (Å²) >= 11 is 5.98. The molecule has 1 aromatic carbocycles. The van der Waals surface area contributed by atoms with E-state index in [0.29, 0.717) is 29.5 Å². The summed E-state index contributed by atoms with van der Waals surface area (Å²) in [5, 5.41) is 6.36. The summed E-state index contributed by atoms with van der Waals surface area (Å²) in [6.45, 7) is 1.13. The minimum Gasteiger partial charge on any atom is -0.495 e. The number of hydrogen-bond donors (Lipinski definition) is 1. The van der Waals surface area contributed by atoms with E-state index in [4.69, 9.17) is 16.3 Å². The number of carbonyl (C=O) groups excluding carboxylic acids is 2. The van der Waals surface area contributed by atoms with Gasteiger partial charge < -0.3 is 10.1 Å². The number of benzene rings is 1. The van der Waals surface area contributed by atoms with Crippen molar-refractivity contribution in [2.45, 2.75) is 25.7 Å². The number of ether oxygens (including phenoxy) is 1. The monoisotopic (exact) mass is 337 g/mol. The molecule has 0 bridgehead atoms. The number of methoxy groups -OCH3 is 1. The van der Waals surface area contributed by atoms with Crippen molar-refractivity contribution in [3.8, 4) is 5.75 Å². The predicted octanol–water partition coefficient (Wildman–Crippen LogP) is 3.13. The van der Waals surface area contributed by atoms with Gasteiger partial charge in [-0.05, 0) is 37.5 Å². The van der Waals surface area contributed by atoms with Crippen LogP contribution in [0.4, 0.5) is 10.5 Å². The maximum Gasteiger partial charge on any atom is 0.340 e. The fourth-order valence-corrected chi connectivity index (χ4v) is 3.05. The lowest BCUT2D eigenvalue weighted by molar-refractivity contribution is -0.147. The number of anilines is 1. The van der Waals surface area contributed by atoms with E-state index in [0.717, 1.165) is 25.7 Å². The SMILES string of the molecule is COc1ccc(Cl)cc1NC(=O)N1CCCN1C(=O)C1CCC1. The lowest BCUT2D eigenvalue weighted by Gasteiger charge is -2.34. The zero-order valence-corrected chi connectivity index (χ0v) is 13.8. The topological polar surface area (TPSA) is 61.9 Å². The fourth-order valence-electron chi connectivity index (χ4n) is 2.88. The molecule has 0 aromatic heterocycles. The molecule has 2 fully saturated rings. The van der Waals surface area contributed by atoms with Crippen LogP contribution >= 0.6 is 11.6 Å². The summed E-state index contributed by atoms with van der Waals surface area (Å²) in [7, 11) is 1.53. The van der Waals surface area contributed by atoms with Crippen molar-refractivity contribution in [1.82, 2.24) is 10.0 Å². The molecule has 1 aliphatic carbocycles. The quantitative estimate of drug-likeness (QED) is 0.921. The van der Waals surface area contributed by atoms with Crippen molar-refractivity contribution in [3.63, 3.8) is 0 Å². The van der Waals surface area contributed by atoms with Gasteiger partial charge in [-0.3, -0.25) is 4.79 Å². The van der Waals surface area contributed by atoms with Crippen LogP contribution in [0.5, 0.6) is 5.75 Å². The van der Waals surface area contributed by atoms with Crippen LogP contribution in [-0.2, 0) is 4.79 Å². The average Bonchev–Trinajstić information content (AvgIpc) is 2.95.